The Kier molecular flexibility index (Phi) is 5.46. The zero-order valence-corrected chi connectivity index (χ0v) is 13.3. The van der Waals surface area contributed by atoms with E-state index in [0.29, 0.717) is 5.92 Å². The van der Waals surface area contributed by atoms with Crippen LogP contribution >= 0.6 is 0 Å². The van der Waals surface area contributed by atoms with Gasteiger partial charge in [0.2, 0.25) is 0 Å². The summed E-state index contributed by atoms with van der Waals surface area (Å²) < 4.78 is 0. The van der Waals surface area contributed by atoms with Gasteiger partial charge in [0, 0.05) is 5.41 Å². The second-order valence-corrected chi connectivity index (χ2v) is 6.44. The Morgan fingerprint density at radius 2 is 2.10 bits per heavy atom. The zero-order chi connectivity index (χ0) is 14.4. The van der Waals surface area contributed by atoms with E-state index in [1.54, 1.807) is 5.57 Å². The molecule has 2 rings (SSSR count). The van der Waals surface area contributed by atoms with Gasteiger partial charge >= 0.3 is 0 Å². The molecule has 20 heavy (non-hydrogen) atoms. The second kappa shape index (κ2) is 7.11. The van der Waals surface area contributed by atoms with E-state index in [2.05, 4.69) is 50.8 Å². The lowest BCUT2D eigenvalue weighted by Gasteiger charge is -2.25. The number of hydrogen-bond acceptors (Lipinski definition) is 0. The molecule has 0 aromatic rings. The first kappa shape index (κ1) is 15.4. The molecule has 0 aromatic heterocycles. The third-order valence-corrected chi connectivity index (χ3v) is 5.04. The van der Waals surface area contributed by atoms with Crippen molar-refractivity contribution in [1.82, 2.24) is 0 Å². The Morgan fingerprint density at radius 1 is 1.30 bits per heavy atom. The number of allylic oxidation sites excluding steroid dienone is 7. The van der Waals surface area contributed by atoms with Crippen LogP contribution < -0.4 is 0 Å². The topological polar surface area (TPSA) is 0 Å². The van der Waals surface area contributed by atoms with Crippen molar-refractivity contribution in [3.63, 3.8) is 0 Å². The van der Waals surface area contributed by atoms with Crippen LogP contribution in [0.4, 0.5) is 0 Å². The number of rotatable bonds is 8. The molecule has 0 nitrogen and oxygen atoms in total. The van der Waals surface area contributed by atoms with Crippen LogP contribution in [0.1, 0.15) is 65.2 Å². The second-order valence-electron chi connectivity index (χ2n) is 6.44. The molecule has 0 aliphatic heterocycles. The number of hydrogen-bond donors (Lipinski definition) is 0. The molecule has 2 atom stereocenters. The molecule has 0 heterocycles. The monoisotopic (exact) mass is 270 g/mol. The molecule has 1 saturated carbocycles. The predicted molar refractivity (Wildman–Crippen MR) is 89.7 cm³/mol. The van der Waals surface area contributed by atoms with Gasteiger partial charge in [-0.25, -0.2) is 0 Å². The standard InChI is InChI=1S/C20H30/c1-4-7-8-9-10-11-12-13-20-15-17(5-2)18(16-20)14-19(20)6-3/h5-6,12-14,18H,3-4,7-11,15-16H2,1-2H3. The van der Waals surface area contributed by atoms with Gasteiger partial charge < -0.3 is 0 Å². The summed E-state index contributed by atoms with van der Waals surface area (Å²) in [6.45, 7) is 8.47. The summed E-state index contributed by atoms with van der Waals surface area (Å²) >= 11 is 0. The molecule has 2 bridgehead atoms. The van der Waals surface area contributed by atoms with Gasteiger partial charge in [0.05, 0.1) is 0 Å². The van der Waals surface area contributed by atoms with E-state index in [9.17, 15) is 0 Å². The van der Waals surface area contributed by atoms with E-state index in [1.807, 2.05) is 0 Å². The fourth-order valence-corrected chi connectivity index (χ4v) is 3.84. The van der Waals surface area contributed by atoms with Crippen molar-refractivity contribution in [3.8, 4) is 0 Å². The average Bonchev–Trinajstić information content (AvgIpc) is 3.00. The third-order valence-electron chi connectivity index (χ3n) is 5.04. The Bertz CT molecular complexity index is 421. The molecule has 0 radical (unpaired) electrons. The van der Waals surface area contributed by atoms with Crippen LogP contribution in [0.15, 0.2) is 48.1 Å². The van der Waals surface area contributed by atoms with Gasteiger partial charge in [-0.1, -0.05) is 75.1 Å². The Morgan fingerprint density at radius 3 is 2.80 bits per heavy atom. The van der Waals surface area contributed by atoms with Gasteiger partial charge in [-0.3, -0.25) is 0 Å². The molecule has 110 valence electrons. The lowest BCUT2D eigenvalue weighted by molar-refractivity contribution is 0.506. The Hall–Kier alpha value is -1.04. The molecule has 2 unspecified atom stereocenters. The van der Waals surface area contributed by atoms with E-state index in [0.717, 1.165) is 0 Å². The average molecular weight is 270 g/mol. The minimum Gasteiger partial charge on any atom is -0.0988 e. The van der Waals surface area contributed by atoms with Crippen molar-refractivity contribution in [2.24, 2.45) is 11.3 Å². The quantitative estimate of drug-likeness (QED) is 0.355. The van der Waals surface area contributed by atoms with E-state index in [4.69, 9.17) is 0 Å². The first-order chi connectivity index (χ1) is 9.75. The van der Waals surface area contributed by atoms with Gasteiger partial charge in [0.15, 0.2) is 0 Å². The highest BCUT2D eigenvalue weighted by molar-refractivity contribution is 5.46. The molecule has 2 aliphatic carbocycles. The SMILES string of the molecule is C=CC1=CC2CC1(C=CCCCCCCC)CC2=CC. The molecule has 0 aromatic carbocycles. The molecule has 0 spiro atoms. The predicted octanol–water partition coefficient (Wildman–Crippen LogP) is 6.37. The zero-order valence-electron chi connectivity index (χ0n) is 13.3. The smallest absolute Gasteiger partial charge is 0.0175 e. The van der Waals surface area contributed by atoms with Gasteiger partial charge in [-0.15, -0.1) is 0 Å². The first-order valence-electron chi connectivity index (χ1n) is 8.43. The summed E-state index contributed by atoms with van der Waals surface area (Å²) in [4.78, 5) is 0. The van der Waals surface area contributed by atoms with Gasteiger partial charge in [0.1, 0.15) is 0 Å². The maximum Gasteiger partial charge on any atom is 0.0175 e. The van der Waals surface area contributed by atoms with Crippen LogP contribution in [-0.4, -0.2) is 0 Å². The highest BCUT2D eigenvalue weighted by Crippen LogP contribution is 2.57. The van der Waals surface area contributed by atoms with E-state index in [-0.39, 0.29) is 5.41 Å². The molecule has 0 amide bonds. The van der Waals surface area contributed by atoms with Crippen molar-refractivity contribution in [3.05, 3.63) is 48.1 Å². The molecule has 0 N–H and O–H groups in total. The fourth-order valence-electron chi connectivity index (χ4n) is 3.84. The summed E-state index contributed by atoms with van der Waals surface area (Å²) in [7, 11) is 0. The normalized spacial score (nSPS) is 30.4. The fraction of sp³-hybridized carbons (Fsp3) is 0.600. The minimum absolute atomic E-state index is 0.289. The maximum atomic E-state index is 4.01. The van der Waals surface area contributed by atoms with E-state index in [1.165, 1.54) is 56.9 Å². The highest BCUT2D eigenvalue weighted by Gasteiger charge is 2.45. The summed E-state index contributed by atoms with van der Waals surface area (Å²) in [5.41, 5.74) is 3.39. The van der Waals surface area contributed by atoms with Gasteiger partial charge in [-0.2, -0.15) is 0 Å². The first-order valence-corrected chi connectivity index (χ1v) is 8.43. The largest absolute Gasteiger partial charge is 0.0988 e. The van der Waals surface area contributed by atoms with Crippen molar-refractivity contribution in [2.75, 3.05) is 0 Å². The van der Waals surface area contributed by atoms with E-state index < -0.39 is 0 Å². The lowest BCUT2D eigenvalue weighted by atomic mass is 9.79. The van der Waals surface area contributed by atoms with Crippen LogP contribution in [0, 0.1) is 11.3 Å². The third kappa shape index (κ3) is 3.16. The highest BCUT2D eigenvalue weighted by atomic mass is 14.5. The van der Waals surface area contributed by atoms with Crippen LogP contribution in [-0.2, 0) is 0 Å². The molecular formula is C20H30. The summed E-state index contributed by atoms with van der Waals surface area (Å²) in [6.07, 6.45) is 22.4. The molecule has 1 fully saturated rings. The summed E-state index contributed by atoms with van der Waals surface area (Å²) in [6, 6.07) is 0. The van der Waals surface area contributed by atoms with Crippen molar-refractivity contribution in [1.29, 1.82) is 0 Å². The van der Waals surface area contributed by atoms with Crippen molar-refractivity contribution in [2.45, 2.75) is 65.2 Å². The van der Waals surface area contributed by atoms with Crippen LogP contribution in [0.25, 0.3) is 0 Å². The molecule has 0 saturated heterocycles. The molecular weight excluding hydrogens is 240 g/mol. The molecule has 2 aliphatic rings. The maximum absolute atomic E-state index is 4.01. The number of fused-ring (bicyclic) bond motifs is 2. The minimum atomic E-state index is 0.289. The Labute approximate surface area is 125 Å². The molecule has 0 heteroatoms. The summed E-state index contributed by atoms with van der Waals surface area (Å²) in [5.74, 6) is 0.683. The Balaban J connectivity index is 1.88. The summed E-state index contributed by atoms with van der Waals surface area (Å²) in [5, 5.41) is 0. The van der Waals surface area contributed by atoms with Gasteiger partial charge in [-0.05, 0) is 44.1 Å². The lowest BCUT2D eigenvalue weighted by Crippen LogP contribution is -2.13. The van der Waals surface area contributed by atoms with E-state index >= 15 is 0 Å². The van der Waals surface area contributed by atoms with Gasteiger partial charge in [0.25, 0.3) is 0 Å². The van der Waals surface area contributed by atoms with Crippen molar-refractivity contribution >= 4 is 0 Å². The van der Waals surface area contributed by atoms with Crippen LogP contribution in [0.5, 0.6) is 0 Å². The van der Waals surface area contributed by atoms with Crippen molar-refractivity contribution < 1.29 is 0 Å². The van der Waals surface area contributed by atoms with Crippen LogP contribution in [0.2, 0.25) is 0 Å². The van der Waals surface area contributed by atoms with Crippen LogP contribution in [0.3, 0.4) is 0 Å². The number of unbranched alkanes of at least 4 members (excludes halogenated alkanes) is 5.